The molecule has 3 aromatic rings. The first-order valence-corrected chi connectivity index (χ1v) is 10.9. The number of carbonyl (C=O) groups is 1. The highest BCUT2D eigenvalue weighted by molar-refractivity contribution is 5.95. The van der Waals surface area contributed by atoms with Gasteiger partial charge in [0.2, 0.25) is 5.91 Å². The highest BCUT2D eigenvalue weighted by Crippen LogP contribution is 2.21. The Morgan fingerprint density at radius 2 is 1.72 bits per heavy atom. The quantitative estimate of drug-likeness (QED) is 0.539. The van der Waals surface area contributed by atoms with Crippen molar-refractivity contribution < 1.29 is 4.79 Å². The molecule has 3 N–H and O–H groups in total. The summed E-state index contributed by atoms with van der Waals surface area (Å²) >= 11 is 0. The van der Waals surface area contributed by atoms with Crippen molar-refractivity contribution in [1.82, 2.24) is 9.55 Å². The molecule has 0 aliphatic heterocycles. The molecule has 0 aliphatic carbocycles. The van der Waals surface area contributed by atoms with Crippen molar-refractivity contribution in [1.29, 1.82) is 0 Å². The van der Waals surface area contributed by atoms with E-state index in [9.17, 15) is 14.4 Å². The number of benzene rings is 2. The minimum Gasteiger partial charge on any atom is -0.383 e. The number of rotatable bonds is 9. The van der Waals surface area contributed by atoms with E-state index in [1.807, 2.05) is 68.4 Å². The standard InChI is InChI=1S/C25H30N4O3/c1-3-4-16-28-23(26)22(24(31)27-25(28)32)29(17-20-8-6-5-7-9-20)21(30)15-14-19-12-10-18(2)11-13-19/h5-13H,3-4,14-17,26H2,1-2H3,(H,27,31,32). The van der Waals surface area contributed by atoms with Gasteiger partial charge < -0.3 is 10.6 Å². The molecule has 2 aromatic carbocycles. The summed E-state index contributed by atoms with van der Waals surface area (Å²) < 4.78 is 1.34. The predicted octanol–water partition coefficient (Wildman–Crippen LogP) is 3.39. The lowest BCUT2D eigenvalue weighted by Crippen LogP contribution is -2.41. The molecule has 7 nitrogen and oxygen atoms in total. The van der Waals surface area contributed by atoms with Gasteiger partial charge in [-0.3, -0.25) is 19.1 Å². The average molecular weight is 435 g/mol. The Labute approximate surface area is 187 Å². The second kappa shape index (κ2) is 10.6. The smallest absolute Gasteiger partial charge is 0.330 e. The molecule has 168 valence electrons. The highest BCUT2D eigenvalue weighted by Gasteiger charge is 2.24. The zero-order valence-electron chi connectivity index (χ0n) is 18.6. The summed E-state index contributed by atoms with van der Waals surface area (Å²) in [5, 5.41) is 0. The maximum Gasteiger partial charge on any atom is 0.330 e. The van der Waals surface area contributed by atoms with Crippen molar-refractivity contribution in [2.24, 2.45) is 0 Å². The Hall–Kier alpha value is -3.61. The number of H-pyrrole nitrogens is 1. The zero-order chi connectivity index (χ0) is 23.1. The lowest BCUT2D eigenvalue weighted by molar-refractivity contribution is -0.118. The third-order valence-corrected chi connectivity index (χ3v) is 5.45. The molecule has 0 spiro atoms. The van der Waals surface area contributed by atoms with E-state index < -0.39 is 11.2 Å². The zero-order valence-corrected chi connectivity index (χ0v) is 18.6. The van der Waals surface area contributed by atoms with E-state index in [1.54, 1.807) is 0 Å². The minimum absolute atomic E-state index is 0.0202. The Bertz CT molecular complexity index is 1160. The van der Waals surface area contributed by atoms with Crippen LogP contribution in [0.1, 0.15) is 42.9 Å². The lowest BCUT2D eigenvalue weighted by atomic mass is 10.1. The number of amides is 1. The largest absolute Gasteiger partial charge is 0.383 e. The number of hydrogen-bond donors (Lipinski definition) is 2. The van der Waals surface area contributed by atoms with Crippen LogP contribution in [0.25, 0.3) is 0 Å². The van der Waals surface area contributed by atoms with Crippen molar-refractivity contribution >= 4 is 17.4 Å². The van der Waals surface area contributed by atoms with Gasteiger partial charge >= 0.3 is 5.69 Å². The molecule has 0 atom stereocenters. The molecule has 0 fully saturated rings. The summed E-state index contributed by atoms with van der Waals surface area (Å²) in [6.45, 7) is 4.58. The predicted molar refractivity (Wildman–Crippen MR) is 128 cm³/mol. The van der Waals surface area contributed by atoms with Gasteiger partial charge in [-0.05, 0) is 30.9 Å². The van der Waals surface area contributed by atoms with Crippen LogP contribution in [0.15, 0.2) is 64.2 Å². The van der Waals surface area contributed by atoms with Crippen LogP contribution in [0.4, 0.5) is 11.5 Å². The first-order chi connectivity index (χ1) is 15.4. The number of unbranched alkanes of at least 4 members (excludes halogenated alkanes) is 1. The number of aromatic nitrogens is 2. The molecular weight excluding hydrogens is 404 g/mol. The third kappa shape index (κ3) is 5.55. The van der Waals surface area contributed by atoms with Crippen molar-refractivity contribution in [3.63, 3.8) is 0 Å². The van der Waals surface area contributed by atoms with E-state index in [0.29, 0.717) is 13.0 Å². The number of hydrogen-bond acceptors (Lipinski definition) is 4. The maximum absolute atomic E-state index is 13.3. The lowest BCUT2D eigenvalue weighted by Gasteiger charge is -2.25. The van der Waals surface area contributed by atoms with E-state index >= 15 is 0 Å². The number of nitrogens with one attached hydrogen (secondary N) is 1. The Morgan fingerprint density at radius 1 is 1.03 bits per heavy atom. The highest BCUT2D eigenvalue weighted by atomic mass is 16.2. The molecule has 0 saturated carbocycles. The molecule has 0 radical (unpaired) electrons. The number of aromatic amines is 1. The van der Waals surface area contributed by atoms with Crippen molar-refractivity contribution in [2.75, 3.05) is 10.6 Å². The number of nitrogen functional groups attached to an aromatic ring is 1. The molecule has 1 amide bonds. The fourth-order valence-electron chi connectivity index (χ4n) is 3.58. The normalized spacial score (nSPS) is 10.8. The Kier molecular flexibility index (Phi) is 7.65. The van der Waals surface area contributed by atoms with Gasteiger partial charge in [0, 0.05) is 13.0 Å². The van der Waals surface area contributed by atoms with E-state index in [-0.39, 0.29) is 30.4 Å². The van der Waals surface area contributed by atoms with Gasteiger partial charge in [-0.15, -0.1) is 0 Å². The summed E-state index contributed by atoms with van der Waals surface area (Å²) in [5.74, 6) is -0.209. The summed E-state index contributed by atoms with van der Waals surface area (Å²) in [4.78, 5) is 42.2. The summed E-state index contributed by atoms with van der Waals surface area (Å²) in [6.07, 6.45) is 2.35. The van der Waals surface area contributed by atoms with Crippen molar-refractivity contribution in [2.45, 2.75) is 52.6 Å². The molecule has 1 aromatic heterocycles. The summed E-state index contributed by atoms with van der Waals surface area (Å²) in [7, 11) is 0. The van der Waals surface area contributed by atoms with Gasteiger partial charge in [0.1, 0.15) is 5.82 Å². The fraction of sp³-hybridized carbons (Fsp3) is 0.320. The maximum atomic E-state index is 13.3. The van der Waals surface area contributed by atoms with Gasteiger partial charge in [-0.1, -0.05) is 73.5 Å². The van der Waals surface area contributed by atoms with Crippen LogP contribution in [-0.4, -0.2) is 15.5 Å². The van der Waals surface area contributed by atoms with Crippen LogP contribution in [0, 0.1) is 6.92 Å². The number of aryl methyl sites for hydroxylation is 2. The van der Waals surface area contributed by atoms with E-state index in [1.165, 1.54) is 9.47 Å². The number of nitrogens with two attached hydrogens (primary N) is 1. The summed E-state index contributed by atoms with van der Waals surface area (Å²) in [5.41, 5.74) is 8.16. The van der Waals surface area contributed by atoms with E-state index in [4.69, 9.17) is 5.73 Å². The molecule has 0 aliphatic rings. The topological polar surface area (TPSA) is 101 Å². The minimum atomic E-state index is -0.653. The molecule has 1 heterocycles. The molecule has 3 rings (SSSR count). The van der Waals surface area contributed by atoms with Crippen molar-refractivity contribution in [3.8, 4) is 0 Å². The molecule has 32 heavy (non-hydrogen) atoms. The number of carbonyl (C=O) groups excluding carboxylic acids is 1. The fourth-order valence-corrected chi connectivity index (χ4v) is 3.58. The molecule has 0 bridgehead atoms. The third-order valence-electron chi connectivity index (χ3n) is 5.45. The summed E-state index contributed by atoms with van der Waals surface area (Å²) in [6, 6.07) is 17.4. The van der Waals surface area contributed by atoms with Crippen LogP contribution in [0.5, 0.6) is 0 Å². The number of nitrogens with zero attached hydrogens (tertiary/aromatic N) is 2. The van der Waals surface area contributed by atoms with E-state index in [2.05, 4.69) is 4.98 Å². The van der Waals surface area contributed by atoms with Crippen LogP contribution in [0.2, 0.25) is 0 Å². The van der Waals surface area contributed by atoms with Crippen LogP contribution in [-0.2, 0) is 24.3 Å². The first kappa shape index (κ1) is 23.1. The Morgan fingerprint density at radius 3 is 2.38 bits per heavy atom. The van der Waals surface area contributed by atoms with Gasteiger partial charge in [-0.25, -0.2) is 4.79 Å². The molecule has 0 unspecified atom stereocenters. The first-order valence-electron chi connectivity index (χ1n) is 10.9. The average Bonchev–Trinajstić information content (AvgIpc) is 2.78. The van der Waals surface area contributed by atoms with Crippen molar-refractivity contribution in [3.05, 3.63) is 92.1 Å². The van der Waals surface area contributed by atoms with E-state index in [0.717, 1.165) is 29.5 Å². The van der Waals surface area contributed by atoms with Gasteiger partial charge in [0.15, 0.2) is 5.69 Å². The molecule has 0 saturated heterocycles. The van der Waals surface area contributed by atoms with Gasteiger partial charge in [-0.2, -0.15) is 0 Å². The molecular formula is C25H30N4O3. The monoisotopic (exact) mass is 434 g/mol. The SMILES string of the molecule is CCCCn1c(N)c(N(Cc2ccccc2)C(=O)CCc2ccc(C)cc2)c(=O)[nH]c1=O. The second-order valence-corrected chi connectivity index (χ2v) is 7.95. The van der Waals surface area contributed by atoms with Crippen LogP contribution >= 0.6 is 0 Å². The van der Waals surface area contributed by atoms with Crippen LogP contribution < -0.4 is 21.9 Å². The van der Waals surface area contributed by atoms with Gasteiger partial charge in [0.25, 0.3) is 5.56 Å². The van der Waals surface area contributed by atoms with Gasteiger partial charge in [0.05, 0.1) is 6.54 Å². The number of anilines is 2. The second-order valence-electron chi connectivity index (χ2n) is 7.95. The Balaban J connectivity index is 1.97. The van der Waals surface area contributed by atoms with Crippen LogP contribution in [0.3, 0.4) is 0 Å². The molecule has 7 heteroatoms.